The largest absolute Gasteiger partial charge is 0.489 e. The monoisotopic (exact) mass is 287 g/mol. The van der Waals surface area contributed by atoms with E-state index in [9.17, 15) is 5.11 Å². The molecule has 1 spiro atoms. The molecule has 3 nitrogen and oxygen atoms in total. The molecule has 2 unspecified atom stereocenters. The molecule has 2 fully saturated rings. The minimum Gasteiger partial charge on any atom is -0.489 e. The van der Waals surface area contributed by atoms with Crippen LogP contribution in [-0.4, -0.2) is 21.7 Å². The van der Waals surface area contributed by atoms with Crippen LogP contribution in [0, 0.1) is 5.41 Å². The Morgan fingerprint density at radius 3 is 3.00 bits per heavy atom. The molecule has 21 heavy (non-hydrogen) atoms. The number of hydrogen-bond donors (Lipinski definition) is 1. The highest BCUT2D eigenvalue weighted by Crippen LogP contribution is 2.59. The summed E-state index contributed by atoms with van der Waals surface area (Å²) in [7, 11) is 0. The van der Waals surface area contributed by atoms with Crippen LogP contribution in [0.15, 0.2) is 35.5 Å². The quantitative estimate of drug-likeness (QED) is 0.795. The maximum Gasteiger partial charge on any atom is 0.128 e. The number of aliphatic hydroxyl groups is 1. The van der Waals surface area contributed by atoms with Gasteiger partial charge in [0.05, 0.1) is 16.7 Å². The Morgan fingerprint density at radius 1 is 1.33 bits per heavy atom. The lowest BCUT2D eigenvalue weighted by Gasteiger charge is -2.43. The third-order valence-electron chi connectivity index (χ3n) is 5.61. The molecule has 0 aromatic heterocycles. The Hall–Kier alpha value is -1.22. The Kier molecular flexibility index (Phi) is 2.81. The van der Waals surface area contributed by atoms with Gasteiger partial charge in [0.2, 0.25) is 0 Å². The van der Waals surface area contributed by atoms with Crippen LogP contribution in [0.4, 0.5) is 0 Å². The van der Waals surface area contributed by atoms with Crippen molar-refractivity contribution in [3.63, 3.8) is 0 Å². The predicted molar refractivity (Wildman–Crippen MR) is 82.0 cm³/mol. The second-order valence-electron chi connectivity index (χ2n) is 7.51. The minimum atomic E-state index is -0.780. The molecule has 0 bridgehead atoms. The van der Waals surface area contributed by atoms with E-state index in [0.717, 1.165) is 19.3 Å². The van der Waals surface area contributed by atoms with Gasteiger partial charge >= 0.3 is 0 Å². The second-order valence-corrected chi connectivity index (χ2v) is 7.51. The molecule has 114 valence electrons. The van der Waals surface area contributed by atoms with Crippen LogP contribution < -0.4 is 0 Å². The number of fused-ring (bicyclic) bond motifs is 1. The first kappa shape index (κ1) is 13.4. The van der Waals surface area contributed by atoms with E-state index in [1.54, 1.807) is 0 Å². The Labute approximate surface area is 127 Å². The number of rotatable bonds is 1. The topological polar surface area (TPSA) is 32.7 Å². The Bertz CT molecular complexity index is 552. The van der Waals surface area contributed by atoms with Crippen LogP contribution in [-0.2, 0) is 4.74 Å². The zero-order valence-electron chi connectivity index (χ0n) is 13.1. The summed E-state index contributed by atoms with van der Waals surface area (Å²) in [6.07, 6.45) is 14.7. The number of hydrogen-bond acceptors (Lipinski definition) is 3. The van der Waals surface area contributed by atoms with Crippen molar-refractivity contribution in [1.82, 2.24) is 4.90 Å². The van der Waals surface area contributed by atoms with E-state index in [1.807, 2.05) is 13.8 Å². The fourth-order valence-corrected chi connectivity index (χ4v) is 4.41. The number of allylic oxidation sites excluding steroid dienone is 3. The average Bonchev–Trinajstić information content (AvgIpc) is 2.85. The molecule has 0 amide bonds. The highest BCUT2D eigenvalue weighted by atomic mass is 16.5. The van der Waals surface area contributed by atoms with Crippen LogP contribution in [0.3, 0.4) is 0 Å². The molecule has 0 aromatic carbocycles. The molecular weight excluding hydrogens is 262 g/mol. The van der Waals surface area contributed by atoms with Gasteiger partial charge in [-0.1, -0.05) is 12.5 Å². The standard InChI is InChI=1S/C18H25NO2/c1-17(2,20)15-11-18-9-5-3-7-13(18)12-19-10-6-4-8-14(19)16(18)21-15/h6,10,12,15,20H,3-5,7-9,11H2,1-2H3. The van der Waals surface area contributed by atoms with Crippen LogP contribution >= 0.6 is 0 Å². The van der Waals surface area contributed by atoms with Gasteiger partial charge in [0.1, 0.15) is 11.9 Å². The zero-order chi connectivity index (χ0) is 14.7. The molecule has 1 N–H and O–H groups in total. The summed E-state index contributed by atoms with van der Waals surface area (Å²) in [6.45, 7) is 3.75. The summed E-state index contributed by atoms with van der Waals surface area (Å²) < 4.78 is 6.37. The van der Waals surface area contributed by atoms with Gasteiger partial charge in [-0.05, 0) is 51.5 Å². The van der Waals surface area contributed by atoms with E-state index >= 15 is 0 Å². The Morgan fingerprint density at radius 2 is 2.19 bits per heavy atom. The molecule has 4 aliphatic rings. The molecule has 3 heterocycles. The van der Waals surface area contributed by atoms with Gasteiger partial charge in [0.25, 0.3) is 0 Å². The van der Waals surface area contributed by atoms with Crippen molar-refractivity contribution < 1.29 is 9.84 Å². The van der Waals surface area contributed by atoms with E-state index in [2.05, 4.69) is 23.4 Å². The first-order valence-corrected chi connectivity index (χ1v) is 8.29. The summed E-state index contributed by atoms with van der Waals surface area (Å²) in [5.41, 5.74) is 2.15. The highest BCUT2D eigenvalue weighted by Gasteiger charge is 2.55. The van der Waals surface area contributed by atoms with Gasteiger partial charge < -0.3 is 14.7 Å². The van der Waals surface area contributed by atoms with E-state index < -0.39 is 5.60 Å². The SMILES string of the molecule is CC(C)(O)C1CC23CCCCC2=CN2C=CCCC2=C3O1. The van der Waals surface area contributed by atoms with Gasteiger partial charge in [0, 0.05) is 18.8 Å². The van der Waals surface area contributed by atoms with Crippen molar-refractivity contribution in [3.8, 4) is 0 Å². The summed E-state index contributed by atoms with van der Waals surface area (Å²) in [5.74, 6) is 1.18. The maximum absolute atomic E-state index is 10.5. The first-order chi connectivity index (χ1) is 10.0. The molecule has 1 saturated heterocycles. The van der Waals surface area contributed by atoms with Crippen molar-refractivity contribution >= 4 is 0 Å². The lowest BCUT2D eigenvalue weighted by atomic mass is 9.65. The van der Waals surface area contributed by atoms with Gasteiger partial charge in [-0.2, -0.15) is 0 Å². The summed E-state index contributed by atoms with van der Waals surface area (Å²) in [5, 5.41) is 10.5. The minimum absolute atomic E-state index is 0.0833. The van der Waals surface area contributed by atoms with Gasteiger partial charge in [-0.15, -0.1) is 0 Å². The molecule has 1 saturated carbocycles. The van der Waals surface area contributed by atoms with Crippen LogP contribution in [0.25, 0.3) is 0 Å². The Balaban J connectivity index is 1.83. The fraction of sp³-hybridized carbons (Fsp3) is 0.667. The summed E-state index contributed by atoms with van der Waals surface area (Å²) in [6, 6.07) is 0. The van der Waals surface area contributed by atoms with Gasteiger partial charge in [0.15, 0.2) is 0 Å². The third kappa shape index (κ3) is 1.90. The van der Waals surface area contributed by atoms with Crippen molar-refractivity contribution in [2.45, 2.75) is 70.5 Å². The van der Waals surface area contributed by atoms with E-state index in [-0.39, 0.29) is 11.5 Å². The lowest BCUT2D eigenvalue weighted by Crippen LogP contribution is -2.37. The fourth-order valence-electron chi connectivity index (χ4n) is 4.41. The number of ether oxygens (including phenoxy) is 1. The van der Waals surface area contributed by atoms with Crippen molar-refractivity contribution in [2.75, 3.05) is 0 Å². The van der Waals surface area contributed by atoms with Crippen molar-refractivity contribution in [2.24, 2.45) is 5.41 Å². The van der Waals surface area contributed by atoms with Gasteiger partial charge in [-0.3, -0.25) is 0 Å². The zero-order valence-corrected chi connectivity index (χ0v) is 13.1. The smallest absolute Gasteiger partial charge is 0.128 e. The number of nitrogens with zero attached hydrogens (tertiary/aromatic N) is 1. The van der Waals surface area contributed by atoms with Crippen LogP contribution in [0.2, 0.25) is 0 Å². The summed E-state index contributed by atoms with van der Waals surface area (Å²) >= 11 is 0. The molecule has 3 aliphatic heterocycles. The van der Waals surface area contributed by atoms with Crippen LogP contribution in [0.5, 0.6) is 0 Å². The molecule has 1 aliphatic carbocycles. The maximum atomic E-state index is 10.5. The first-order valence-electron chi connectivity index (χ1n) is 8.29. The molecule has 0 radical (unpaired) electrons. The van der Waals surface area contributed by atoms with E-state index in [0.29, 0.717) is 0 Å². The summed E-state index contributed by atoms with van der Waals surface area (Å²) in [4.78, 5) is 2.27. The normalized spacial score (nSPS) is 34.9. The highest BCUT2D eigenvalue weighted by molar-refractivity contribution is 5.40. The second kappa shape index (κ2) is 4.39. The lowest BCUT2D eigenvalue weighted by molar-refractivity contribution is -0.0458. The van der Waals surface area contributed by atoms with Crippen molar-refractivity contribution in [1.29, 1.82) is 0 Å². The van der Waals surface area contributed by atoms with E-state index in [4.69, 9.17) is 4.74 Å². The molecular formula is C18H25NO2. The molecule has 2 atom stereocenters. The third-order valence-corrected chi connectivity index (χ3v) is 5.61. The van der Waals surface area contributed by atoms with Gasteiger partial charge in [-0.25, -0.2) is 0 Å². The van der Waals surface area contributed by atoms with Crippen molar-refractivity contribution in [3.05, 3.63) is 35.5 Å². The van der Waals surface area contributed by atoms with Crippen LogP contribution in [0.1, 0.15) is 58.8 Å². The van der Waals surface area contributed by atoms with E-state index in [1.165, 1.54) is 42.7 Å². The molecule has 4 rings (SSSR count). The molecule has 0 aromatic rings. The molecule has 3 heteroatoms. The predicted octanol–water partition coefficient (Wildman–Crippen LogP) is 3.83. The average molecular weight is 287 g/mol.